The molecule has 2 rings (SSSR count). The second-order valence-electron chi connectivity index (χ2n) is 5.49. The molecule has 2 N–H and O–H groups in total. The van der Waals surface area contributed by atoms with E-state index in [-0.39, 0.29) is 11.8 Å². The van der Waals surface area contributed by atoms with Gasteiger partial charge in [-0.25, -0.2) is 0 Å². The first-order chi connectivity index (χ1) is 11.5. The molecule has 0 radical (unpaired) electrons. The summed E-state index contributed by atoms with van der Waals surface area (Å²) >= 11 is 6.25. The number of fused-ring (bicyclic) bond motifs is 1. The van der Waals surface area contributed by atoms with Gasteiger partial charge in [0.05, 0.1) is 10.7 Å². The van der Waals surface area contributed by atoms with Crippen LogP contribution in [0.25, 0.3) is 0 Å². The van der Waals surface area contributed by atoms with Gasteiger partial charge in [-0.3, -0.25) is 9.59 Å². The molecule has 1 aromatic rings. The Morgan fingerprint density at radius 3 is 2.79 bits per heavy atom. The standard InChI is InChI=1S/C19H21ClN2O2/c1-4-7-15(12(5-2)6-3)19(24)21-14-10-13-8-9-17(23)22-18(13)16(20)11-14/h4-5,7,10-11H,2,6,8-9H2,1,3H3,(H,21,24)(H,22,23)/b7-4-,15-12-. The minimum Gasteiger partial charge on any atom is -0.325 e. The van der Waals surface area contributed by atoms with Crippen molar-refractivity contribution < 1.29 is 9.59 Å². The Labute approximate surface area is 147 Å². The van der Waals surface area contributed by atoms with Gasteiger partial charge >= 0.3 is 0 Å². The lowest BCUT2D eigenvalue weighted by Gasteiger charge is -2.19. The summed E-state index contributed by atoms with van der Waals surface area (Å²) in [5, 5.41) is 6.08. The summed E-state index contributed by atoms with van der Waals surface area (Å²) in [7, 11) is 0. The van der Waals surface area contributed by atoms with Gasteiger partial charge in [-0.05, 0) is 43.0 Å². The lowest BCUT2D eigenvalue weighted by molar-refractivity contribution is -0.116. The maximum atomic E-state index is 12.6. The molecule has 0 saturated heterocycles. The summed E-state index contributed by atoms with van der Waals surface area (Å²) in [5.74, 6) is -0.251. The summed E-state index contributed by atoms with van der Waals surface area (Å²) in [6.45, 7) is 7.61. The van der Waals surface area contributed by atoms with Crippen molar-refractivity contribution in [3.8, 4) is 0 Å². The highest BCUT2D eigenvalue weighted by atomic mass is 35.5. The van der Waals surface area contributed by atoms with Crippen LogP contribution in [0.4, 0.5) is 11.4 Å². The van der Waals surface area contributed by atoms with Crippen molar-refractivity contribution in [1.29, 1.82) is 0 Å². The Morgan fingerprint density at radius 2 is 2.17 bits per heavy atom. The van der Waals surface area contributed by atoms with Crippen LogP contribution >= 0.6 is 11.6 Å². The van der Waals surface area contributed by atoms with Crippen molar-refractivity contribution in [2.75, 3.05) is 10.6 Å². The van der Waals surface area contributed by atoms with Crippen LogP contribution < -0.4 is 10.6 Å². The van der Waals surface area contributed by atoms with E-state index in [0.717, 1.165) is 11.1 Å². The van der Waals surface area contributed by atoms with Gasteiger partial charge in [0.15, 0.2) is 0 Å². The number of amides is 2. The second kappa shape index (κ2) is 7.97. The predicted octanol–water partition coefficient (Wildman–Crippen LogP) is 4.63. The minimum absolute atomic E-state index is 0.0435. The molecule has 0 saturated carbocycles. The van der Waals surface area contributed by atoms with E-state index in [2.05, 4.69) is 17.2 Å². The van der Waals surface area contributed by atoms with Crippen molar-refractivity contribution in [2.45, 2.75) is 33.1 Å². The van der Waals surface area contributed by atoms with Gasteiger partial charge in [0, 0.05) is 17.7 Å². The molecule has 0 atom stereocenters. The van der Waals surface area contributed by atoms with E-state index < -0.39 is 0 Å². The molecule has 0 spiro atoms. The number of hydrogen-bond acceptors (Lipinski definition) is 2. The summed E-state index contributed by atoms with van der Waals surface area (Å²) in [4.78, 5) is 24.1. The summed E-state index contributed by atoms with van der Waals surface area (Å²) < 4.78 is 0. The number of carbonyl (C=O) groups excluding carboxylic acids is 2. The fourth-order valence-electron chi connectivity index (χ4n) is 2.66. The van der Waals surface area contributed by atoms with Crippen molar-refractivity contribution in [3.63, 3.8) is 0 Å². The van der Waals surface area contributed by atoms with E-state index in [1.165, 1.54) is 0 Å². The van der Waals surface area contributed by atoms with Gasteiger partial charge in [-0.15, -0.1) is 0 Å². The van der Waals surface area contributed by atoms with Gasteiger partial charge in [0.2, 0.25) is 5.91 Å². The molecule has 0 aliphatic carbocycles. The molecular weight excluding hydrogens is 324 g/mol. The van der Waals surface area contributed by atoms with Crippen LogP contribution in [-0.4, -0.2) is 11.8 Å². The predicted molar refractivity (Wildman–Crippen MR) is 99.4 cm³/mol. The van der Waals surface area contributed by atoms with Gasteiger partial charge in [0.1, 0.15) is 0 Å². The molecule has 0 bridgehead atoms. The van der Waals surface area contributed by atoms with Crippen molar-refractivity contribution in [1.82, 2.24) is 0 Å². The van der Waals surface area contributed by atoms with Gasteiger partial charge < -0.3 is 10.6 Å². The van der Waals surface area contributed by atoms with Gasteiger partial charge in [-0.2, -0.15) is 0 Å². The van der Waals surface area contributed by atoms with Crippen LogP contribution in [0, 0.1) is 0 Å². The molecule has 1 aliphatic heterocycles. The van der Waals surface area contributed by atoms with Crippen LogP contribution in [-0.2, 0) is 16.0 Å². The third-order valence-corrected chi connectivity index (χ3v) is 4.16. The molecule has 1 aromatic carbocycles. The number of hydrogen-bond donors (Lipinski definition) is 2. The van der Waals surface area contributed by atoms with Crippen molar-refractivity contribution in [3.05, 3.63) is 58.7 Å². The number of halogens is 1. The Morgan fingerprint density at radius 1 is 1.42 bits per heavy atom. The Kier molecular flexibility index (Phi) is 5.99. The van der Waals surface area contributed by atoms with Gasteiger partial charge in [-0.1, -0.05) is 43.3 Å². The third-order valence-electron chi connectivity index (χ3n) is 3.87. The number of nitrogens with one attached hydrogen (secondary N) is 2. The lowest BCUT2D eigenvalue weighted by Crippen LogP contribution is -2.20. The number of carbonyl (C=O) groups is 2. The second-order valence-corrected chi connectivity index (χ2v) is 5.90. The van der Waals surface area contributed by atoms with E-state index in [4.69, 9.17) is 11.6 Å². The smallest absolute Gasteiger partial charge is 0.255 e. The van der Waals surface area contributed by atoms with Crippen LogP contribution in [0.15, 0.2) is 48.1 Å². The van der Waals surface area contributed by atoms with E-state index in [1.54, 1.807) is 18.2 Å². The Hall–Kier alpha value is -2.33. The number of allylic oxidation sites excluding steroid dienone is 3. The number of aryl methyl sites for hydroxylation is 1. The maximum absolute atomic E-state index is 12.6. The minimum atomic E-state index is -0.208. The molecule has 2 amide bonds. The number of anilines is 2. The maximum Gasteiger partial charge on any atom is 0.255 e. The van der Waals surface area contributed by atoms with Gasteiger partial charge in [0.25, 0.3) is 5.91 Å². The highest BCUT2D eigenvalue weighted by molar-refractivity contribution is 6.34. The molecule has 24 heavy (non-hydrogen) atoms. The highest BCUT2D eigenvalue weighted by Gasteiger charge is 2.19. The molecular formula is C19H21ClN2O2. The normalized spacial score (nSPS) is 14.7. The zero-order chi connectivity index (χ0) is 17.7. The fourth-order valence-corrected chi connectivity index (χ4v) is 2.95. The van der Waals surface area contributed by atoms with E-state index in [1.807, 2.05) is 26.0 Å². The largest absolute Gasteiger partial charge is 0.325 e. The third kappa shape index (κ3) is 3.95. The van der Waals surface area contributed by atoms with E-state index in [0.29, 0.717) is 41.2 Å². The first kappa shape index (κ1) is 18.0. The first-order valence-electron chi connectivity index (χ1n) is 7.92. The Balaban J connectivity index is 2.32. The van der Waals surface area contributed by atoms with Crippen LogP contribution in [0.3, 0.4) is 0 Å². The van der Waals surface area contributed by atoms with Crippen molar-refractivity contribution >= 4 is 34.8 Å². The zero-order valence-electron chi connectivity index (χ0n) is 13.9. The lowest BCUT2D eigenvalue weighted by atomic mass is 10.0. The molecule has 0 aromatic heterocycles. The molecule has 1 heterocycles. The molecule has 0 fully saturated rings. The van der Waals surface area contributed by atoms with Crippen LogP contribution in [0.1, 0.15) is 32.3 Å². The average Bonchev–Trinajstić information content (AvgIpc) is 2.56. The fraction of sp³-hybridized carbons (Fsp3) is 0.263. The molecule has 5 heteroatoms. The van der Waals surface area contributed by atoms with E-state index in [9.17, 15) is 9.59 Å². The average molecular weight is 345 g/mol. The summed E-state index contributed by atoms with van der Waals surface area (Å²) in [6, 6.07) is 3.50. The van der Waals surface area contributed by atoms with E-state index >= 15 is 0 Å². The van der Waals surface area contributed by atoms with Crippen LogP contribution in [0.5, 0.6) is 0 Å². The molecule has 1 aliphatic rings. The highest BCUT2D eigenvalue weighted by Crippen LogP contribution is 2.34. The monoisotopic (exact) mass is 344 g/mol. The quantitative estimate of drug-likeness (QED) is 0.604. The Bertz CT molecular complexity index is 748. The number of rotatable bonds is 5. The first-order valence-corrected chi connectivity index (χ1v) is 8.29. The SMILES string of the molecule is C=C/C(CC)=C(\C=C/C)C(=O)Nc1cc(Cl)c2c(c1)CCC(=O)N2. The number of benzene rings is 1. The topological polar surface area (TPSA) is 58.2 Å². The zero-order valence-corrected chi connectivity index (χ0v) is 14.7. The molecule has 0 unspecified atom stereocenters. The van der Waals surface area contributed by atoms with Crippen molar-refractivity contribution in [2.24, 2.45) is 0 Å². The summed E-state index contributed by atoms with van der Waals surface area (Å²) in [6.07, 6.45) is 7.04. The molecule has 126 valence electrons. The van der Waals surface area contributed by atoms with Crippen LogP contribution in [0.2, 0.25) is 5.02 Å². The molecule has 4 nitrogen and oxygen atoms in total. The summed E-state index contributed by atoms with van der Waals surface area (Å²) in [5.41, 5.74) is 3.63.